The van der Waals surface area contributed by atoms with Crippen molar-refractivity contribution >= 4 is 33.5 Å². The molecule has 0 bridgehead atoms. The van der Waals surface area contributed by atoms with Crippen LogP contribution < -0.4 is 9.64 Å². The number of carbonyl (C=O) groups excluding carboxylic acids is 1. The van der Waals surface area contributed by atoms with Gasteiger partial charge in [-0.2, -0.15) is 0 Å². The van der Waals surface area contributed by atoms with Crippen LogP contribution in [0.4, 0.5) is 5.69 Å². The van der Waals surface area contributed by atoms with E-state index in [9.17, 15) is 4.79 Å². The second-order valence-corrected chi connectivity index (χ2v) is 7.67. The highest BCUT2D eigenvalue weighted by molar-refractivity contribution is 6.13. The fourth-order valence-electron chi connectivity index (χ4n) is 4.14. The Labute approximate surface area is 188 Å². The van der Waals surface area contributed by atoms with E-state index < -0.39 is 5.97 Å². The number of H-pyrrole nitrogens is 1. The SMILES string of the molecule is CCOC(=O)c1ncc2[nH]c3cccc(OCc4ccc(N(CC)CC)cc4)c3c2c1C. The third-order valence-corrected chi connectivity index (χ3v) is 5.80. The third kappa shape index (κ3) is 4.00. The molecule has 0 saturated heterocycles. The van der Waals surface area contributed by atoms with Crippen molar-refractivity contribution in [3.63, 3.8) is 0 Å². The van der Waals surface area contributed by atoms with Gasteiger partial charge in [0, 0.05) is 29.5 Å². The fraction of sp³-hybridized carbons (Fsp3) is 0.308. The first kappa shape index (κ1) is 21.7. The molecule has 166 valence electrons. The number of hydrogen-bond acceptors (Lipinski definition) is 5. The number of esters is 1. The van der Waals surface area contributed by atoms with Crippen molar-refractivity contribution in [3.05, 3.63) is 65.5 Å². The lowest BCUT2D eigenvalue weighted by atomic mass is 10.1. The summed E-state index contributed by atoms with van der Waals surface area (Å²) in [6.45, 7) is 10.7. The van der Waals surface area contributed by atoms with E-state index in [-0.39, 0.29) is 0 Å². The maximum Gasteiger partial charge on any atom is 0.357 e. The molecule has 0 fully saturated rings. The Morgan fingerprint density at radius 2 is 1.75 bits per heavy atom. The number of aromatic nitrogens is 2. The van der Waals surface area contributed by atoms with Crippen LogP contribution in [0.2, 0.25) is 0 Å². The molecule has 2 aromatic heterocycles. The highest BCUT2D eigenvalue weighted by Gasteiger charge is 2.19. The van der Waals surface area contributed by atoms with Gasteiger partial charge in [0.25, 0.3) is 0 Å². The van der Waals surface area contributed by atoms with Crippen molar-refractivity contribution in [3.8, 4) is 5.75 Å². The quantitative estimate of drug-likeness (QED) is 0.366. The van der Waals surface area contributed by atoms with Crippen molar-refractivity contribution in [1.82, 2.24) is 9.97 Å². The van der Waals surface area contributed by atoms with Crippen LogP contribution in [0, 0.1) is 6.92 Å². The Hall–Kier alpha value is -3.54. The largest absolute Gasteiger partial charge is 0.488 e. The summed E-state index contributed by atoms with van der Waals surface area (Å²) in [5.41, 5.74) is 5.25. The van der Waals surface area contributed by atoms with Crippen molar-refractivity contribution < 1.29 is 14.3 Å². The van der Waals surface area contributed by atoms with Crippen LogP contribution in [0.15, 0.2) is 48.7 Å². The first-order valence-corrected chi connectivity index (χ1v) is 11.1. The molecule has 0 atom stereocenters. The van der Waals surface area contributed by atoms with Crippen molar-refractivity contribution in [2.45, 2.75) is 34.3 Å². The summed E-state index contributed by atoms with van der Waals surface area (Å²) < 4.78 is 11.4. The zero-order chi connectivity index (χ0) is 22.7. The molecular formula is C26H29N3O3. The second kappa shape index (κ2) is 9.30. The molecule has 2 heterocycles. The zero-order valence-corrected chi connectivity index (χ0v) is 19.1. The molecule has 4 aromatic rings. The van der Waals surface area contributed by atoms with E-state index in [1.165, 1.54) is 5.69 Å². The lowest BCUT2D eigenvalue weighted by Crippen LogP contribution is -2.21. The predicted octanol–water partition coefficient (Wildman–Crippen LogP) is 5.63. The van der Waals surface area contributed by atoms with Gasteiger partial charge in [-0.05, 0) is 63.1 Å². The van der Waals surface area contributed by atoms with E-state index in [0.29, 0.717) is 18.9 Å². The van der Waals surface area contributed by atoms with E-state index >= 15 is 0 Å². The number of hydrogen-bond donors (Lipinski definition) is 1. The molecule has 2 aromatic carbocycles. The zero-order valence-electron chi connectivity index (χ0n) is 19.1. The summed E-state index contributed by atoms with van der Waals surface area (Å²) in [7, 11) is 0. The minimum atomic E-state index is -0.409. The van der Waals surface area contributed by atoms with Gasteiger partial charge in [-0.1, -0.05) is 18.2 Å². The molecule has 4 rings (SSSR count). The molecule has 0 unspecified atom stereocenters. The molecule has 0 aliphatic rings. The number of rotatable bonds is 8. The molecular weight excluding hydrogens is 402 g/mol. The highest BCUT2D eigenvalue weighted by Crippen LogP contribution is 2.36. The average Bonchev–Trinajstić information content (AvgIpc) is 3.20. The fourth-order valence-corrected chi connectivity index (χ4v) is 4.14. The van der Waals surface area contributed by atoms with Crippen LogP contribution in [0.3, 0.4) is 0 Å². The molecule has 0 radical (unpaired) electrons. The molecule has 32 heavy (non-hydrogen) atoms. The average molecular weight is 432 g/mol. The number of carbonyl (C=O) groups is 1. The smallest absolute Gasteiger partial charge is 0.357 e. The van der Waals surface area contributed by atoms with Gasteiger partial charge in [-0.25, -0.2) is 9.78 Å². The molecule has 1 N–H and O–H groups in total. The summed E-state index contributed by atoms with van der Waals surface area (Å²) in [6, 6.07) is 14.4. The van der Waals surface area contributed by atoms with E-state index in [0.717, 1.165) is 51.8 Å². The first-order chi connectivity index (χ1) is 15.6. The lowest BCUT2D eigenvalue weighted by Gasteiger charge is -2.21. The number of aryl methyl sites for hydroxylation is 1. The third-order valence-electron chi connectivity index (χ3n) is 5.80. The van der Waals surface area contributed by atoms with Gasteiger partial charge in [-0.3, -0.25) is 0 Å². The molecule has 0 amide bonds. The summed E-state index contributed by atoms with van der Waals surface area (Å²) in [5, 5.41) is 1.89. The Morgan fingerprint density at radius 3 is 2.44 bits per heavy atom. The Balaban J connectivity index is 1.67. The number of ether oxygens (including phenoxy) is 2. The first-order valence-electron chi connectivity index (χ1n) is 11.1. The van der Waals surface area contributed by atoms with Gasteiger partial charge >= 0.3 is 5.97 Å². The van der Waals surface area contributed by atoms with E-state index in [1.54, 1.807) is 13.1 Å². The molecule has 0 aliphatic carbocycles. The topological polar surface area (TPSA) is 67.4 Å². The van der Waals surface area contributed by atoms with E-state index in [2.05, 4.69) is 53.0 Å². The summed E-state index contributed by atoms with van der Waals surface area (Å²) in [6.07, 6.45) is 1.68. The van der Waals surface area contributed by atoms with Crippen molar-refractivity contribution in [2.75, 3.05) is 24.6 Å². The Kier molecular flexibility index (Phi) is 6.30. The molecule has 6 nitrogen and oxygen atoms in total. The molecule has 0 saturated carbocycles. The van der Waals surface area contributed by atoms with Crippen LogP contribution in [0.25, 0.3) is 21.8 Å². The number of pyridine rings is 1. The van der Waals surface area contributed by atoms with Gasteiger partial charge in [0.05, 0.1) is 23.8 Å². The van der Waals surface area contributed by atoms with Gasteiger partial charge in [0.1, 0.15) is 12.4 Å². The Morgan fingerprint density at radius 1 is 1.00 bits per heavy atom. The second-order valence-electron chi connectivity index (χ2n) is 7.67. The molecule has 0 spiro atoms. The number of aromatic amines is 1. The van der Waals surface area contributed by atoms with Crippen LogP contribution >= 0.6 is 0 Å². The maximum atomic E-state index is 12.4. The Bertz CT molecular complexity index is 1240. The van der Waals surface area contributed by atoms with Crippen molar-refractivity contribution in [2.24, 2.45) is 0 Å². The van der Waals surface area contributed by atoms with Gasteiger partial charge < -0.3 is 19.4 Å². The number of benzene rings is 2. The van der Waals surface area contributed by atoms with Crippen LogP contribution in [0.5, 0.6) is 5.75 Å². The summed E-state index contributed by atoms with van der Waals surface area (Å²) >= 11 is 0. The van der Waals surface area contributed by atoms with Gasteiger partial charge in [0.15, 0.2) is 5.69 Å². The van der Waals surface area contributed by atoms with Gasteiger partial charge in [-0.15, -0.1) is 0 Å². The lowest BCUT2D eigenvalue weighted by molar-refractivity contribution is 0.0519. The predicted molar refractivity (Wildman–Crippen MR) is 129 cm³/mol. The number of fused-ring (bicyclic) bond motifs is 3. The van der Waals surface area contributed by atoms with Gasteiger partial charge in [0.2, 0.25) is 0 Å². The maximum absolute atomic E-state index is 12.4. The highest BCUT2D eigenvalue weighted by atomic mass is 16.5. The standard InChI is InChI=1S/C26H29N3O3/c1-5-29(6-2)19-13-11-18(12-14-19)16-32-22-10-8-9-20-24(22)23-17(4)25(26(30)31-7-3)27-15-21(23)28-20/h8-15,28H,5-7,16H2,1-4H3. The number of nitrogens with zero attached hydrogens (tertiary/aromatic N) is 2. The normalized spacial score (nSPS) is 11.1. The van der Waals surface area contributed by atoms with E-state index in [4.69, 9.17) is 9.47 Å². The minimum absolute atomic E-state index is 0.313. The number of nitrogens with one attached hydrogen (secondary N) is 1. The van der Waals surface area contributed by atoms with E-state index in [1.807, 2.05) is 25.1 Å². The van der Waals surface area contributed by atoms with Crippen LogP contribution in [0.1, 0.15) is 42.4 Å². The monoisotopic (exact) mass is 431 g/mol. The molecule has 6 heteroatoms. The molecule has 0 aliphatic heterocycles. The van der Waals surface area contributed by atoms with Crippen LogP contribution in [-0.2, 0) is 11.3 Å². The van der Waals surface area contributed by atoms with Crippen LogP contribution in [-0.4, -0.2) is 35.6 Å². The number of anilines is 1. The van der Waals surface area contributed by atoms with Crippen molar-refractivity contribution in [1.29, 1.82) is 0 Å². The summed E-state index contributed by atoms with van der Waals surface area (Å²) in [5.74, 6) is 0.360. The summed E-state index contributed by atoms with van der Waals surface area (Å²) in [4.78, 5) is 22.4. The minimum Gasteiger partial charge on any atom is -0.488 e.